The third-order valence-corrected chi connectivity index (χ3v) is 2.78. The molecule has 0 spiro atoms. The Morgan fingerprint density at radius 2 is 2.22 bits per heavy atom. The van der Waals surface area contributed by atoms with Crippen molar-refractivity contribution in [1.82, 2.24) is 20.0 Å². The summed E-state index contributed by atoms with van der Waals surface area (Å²) in [4.78, 5) is 25.3. The number of anilines is 1. The normalized spacial score (nSPS) is 16.2. The molecule has 1 aliphatic rings. The van der Waals surface area contributed by atoms with Gasteiger partial charge in [0.2, 0.25) is 0 Å². The lowest BCUT2D eigenvalue weighted by atomic mass is 10.3. The largest absolute Gasteiger partial charge is 0.333 e. The number of aryl methyl sites for hydroxylation is 1. The van der Waals surface area contributed by atoms with Gasteiger partial charge in [-0.3, -0.25) is 14.3 Å². The third-order valence-electron chi connectivity index (χ3n) is 2.78. The van der Waals surface area contributed by atoms with Gasteiger partial charge in [0, 0.05) is 32.9 Å². The number of aromatic nitrogens is 2. The van der Waals surface area contributed by atoms with Crippen molar-refractivity contribution in [2.24, 2.45) is 7.05 Å². The Bertz CT molecular complexity index is 434. The number of carbonyl (C=O) groups is 2. The molecule has 1 saturated heterocycles. The molecule has 98 valence electrons. The molecule has 0 aromatic carbocycles. The van der Waals surface area contributed by atoms with E-state index in [2.05, 4.69) is 15.7 Å². The first-order valence-corrected chi connectivity index (χ1v) is 5.96. The second-order valence-electron chi connectivity index (χ2n) is 4.25. The van der Waals surface area contributed by atoms with E-state index >= 15 is 0 Å². The first-order chi connectivity index (χ1) is 8.66. The van der Waals surface area contributed by atoms with Crippen LogP contribution in [-0.4, -0.2) is 52.7 Å². The first kappa shape index (κ1) is 12.6. The summed E-state index contributed by atoms with van der Waals surface area (Å²) in [7, 11) is 1.75. The zero-order chi connectivity index (χ0) is 13.0. The molecule has 2 rings (SSSR count). The predicted molar refractivity (Wildman–Crippen MR) is 65.9 cm³/mol. The monoisotopic (exact) mass is 251 g/mol. The maximum Gasteiger partial charge on any atom is 0.313 e. The van der Waals surface area contributed by atoms with Crippen molar-refractivity contribution >= 4 is 17.5 Å². The summed E-state index contributed by atoms with van der Waals surface area (Å²) in [6.07, 6.45) is 4.02. The van der Waals surface area contributed by atoms with E-state index in [-0.39, 0.29) is 0 Å². The maximum atomic E-state index is 11.9. The molecular weight excluding hydrogens is 234 g/mol. The van der Waals surface area contributed by atoms with Gasteiger partial charge in [-0.25, -0.2) is 0 Å². The first-order valence-electron chi connectivity index (χ1n) is 5.96. The Labute approximate surface area is 105 Å². The van der Waals surface area contributed by atoms with Crippen LogP contribution >= 0.6 is 0 Å². The molecule has 1 aliphatic heterocycles. The summed E-state index contributed by atoms with van der Waals surface area (Å²) >= 11 is 0. The van der Waals surface area contributed by atoms with Crippen LogP contribution in [0.5, 0.6) is 0 Å². The standard InChI is InChI=1S/C11H17N5O2/c1-15-8-9(7-13-15)14-10(17)11(18)16-5-2-3-12-4-6-16/h7-8,12H,2-6H2,1H3,(H,14,17). The quantitative estimate of drug-likeness (QED) is 0.639. The molecule has 18 heavy (non-hydrogen) atoms. The fourth-order valence-corrected chi connectivity index (χ4v) is 1.86. The van der Waals surface area contributed by atoms with Crippen molar-refractivity contribution < 1.29 is 9.59 Å². The Morgan fingerprint density at radius 1 is 1.39 bits per heavy atom. The molecule has 2 heterocycles. The Balaban J connectivity index is 1.93. The molecule has 7 nitrogen and oxygen atoms in total. The molecule has 1 aromatic heterocycles. The van der Waals surface area contributed by atoms with E-state index in [1.54, 1.807) is 22.8 Å². The van der Waals surface area contributed by atoms with E-state index in [1.807, 2.05) is 0 Å². The molecule has 0 unspecified atom stereocenters. The molecule has 1 aromatic rings. The molecule has 0 bridgehead atoms. The Kier molecular flexibility index (Phi) is 3.93. The van der Waals surface area contributed by atoms with Crippen LogP contribution in [0.1, 0.15) is 6.42 Å². The van der Waals surface area contributed by atoms with E-state index < -0.39 is 11.8 Å². The fraction of sp³-hybridized carbons (Fsp3) is 0.545. The summed E-state index contributed by atoms with van der Waals surface area (Å²) in [5.74, 6) is -1.09. The summed E-state index contributed by atoms with van der Waals surface area (Å²) in [5.41, 5.74) is 0.531. The van der Waals surface area contributed by atoms with Gasteiger partial charge >= 0.3 is 11.8 Å². The van der Waals surface area contributed by atoms with Gasteiger partial charge in [0.15, 0.2) is 0 Å². The fourth-order valence-electron chi connectivity index (χ4n) is 1.86. The van der Waals surface area contributed by atoms with Gasteiger partial charge in [0.25, 0.3) is 0 Å². The van der Waals surface area contributed by atoms with Gasteiger partial charge in [0.1, 0.15) is 0 Å². The van der Waals surface area contributed by atoms with Gasteiger partial charge in [-0.05, 0) is 13.0 Å². The van der Waals surface area contributed by atoms with Gasteiger partial charge < -0.3 is 15.5 Å². The van der Waals surface area contributed by atoms with E-state index in [0.29, 0.717) is 18.8 Å². The van der Waals surface area contributed by atoms with Gasteiger partial charge in [-0.1, -0.05) is 0 Å². The molecule has 2 N–H and O–H groups in total. The van der Waals surface area contributed by atoms with E-state index in [9.17, 15) is 9.59 Å². The smallest absolute Gasteiger partial charge is 0.313 e. The average Bonchev–Trinajstić information content (AvgIpc) is 2.62. The van der Waals surface area contributed by atoms with Crippen molar-refractivity contribution in [2.45, 2.75) is 6.42 Å². The second-order valence-corrected chi connectivity index (χ2v) is 4.25. The second kappa shape index (κ2) is 5.63. The number of hydrogen-bond donors (Lipinski definition) is 2. The zero-order valence-electron chi connectivity index (χ0n) is 10.3. The van der Waals surface area contributed by atoms with Crippen LogP contribution < -0.4 is 10.6 Å². The molecular formula is C11H17N5O2. The number of hydrogen-bond acceptors (Lipinski definition) is 4. The molecule has 0 aliphatic carbocycles. The Hall–Kier alpha value is -1.89. The lowest BCUT2D eigenvalue weighted by molar-refractivity contribution is -0.143. The number of carbonyl (C=O) groups excluding carboxylic acids is 2. The highest BCUT2D eigenvalue weighted by Crippen LogP contribution is 2.04. The summed E-state index contributed by atoms with van der Waals surface area (Å²) in [6.45, 7) is 2.80. The van der Waals surface area contributed by atoms with Crippen molar-refractivity contribution in [3.63, 3.8) is 0 Å². The van der Waals surface area contributed by atoms with Crippen molar-refractivity contribution in [3.8, 4) is 0 Å². The van der Waals surface area contributed by atoms with Gasteiger partial charge in [-0.2, -0.15) is 5.10 Å². The molecule has 2 amide bonds. The highest BCUT2D eigenvalue weighted by atomic mass is 16.2. The SMILES string of the molecule is Cn1cc(NC(=O)C(=O)N2CCCNCC2)cn1. The molecule has 0 radical (unpaired) electrons. The highest BCUT2D eigenvalue weighted by molar-refractivity contribution is 6.39. The minimum Gasteiger partial charge on any atom is -0.333 e. The average molecular weight is 251 g/mol. The van der Waals surface area contributed by atoms with E-state index in [4.69, 9.17) is 0 Å². The zero-order valence-corrected chi connectivity index (χ0v) is 10.3. The molecule has 1 fully saturated rings. The van der Waals surface area contributed by atoms with Crippen LogP contribution in [0.15, 0.2) is 12.4 Å². The number of rotatable bonds is 1. The van der Waals surface area contributed by atoms with Crippen molar-refractivity contribution in [3.05, 3.63) is 12.4 Å². The number of nitrogens with one attached hydrogen (secondary N) is 2. The highest BCUT2D eigenvalue weighted by Gasteiger charge is 2.22. The van der Waals surface area contributed by atoms with Crippen molar-refractivity contribution in [1.29, 1.82) is 0 Å². The molecule has 0 saturated carbocycles. The van der Waals surface area contributed by atoms with E-state index in [0.717, 1.165) is 19.5 Å². The van der Waals surface area contributed by atoms with Crippen molar-refractivity contribution in [2.75, 3.05) is 31.5 Å². The van der Waals surface area contributed by atoms with Crippen LogP contribution in [-0.2, 0) is 16.6 Å². The summed E-state index contributed by atoms with van der Waals surface area (Å²) < 4.78 is 1.57. The molecule has 7 heteroatoms. The molecule has 0 atom stereocenters. The van der Waals surface area contributed by atoms with E-state index in [1.165, 1.54) is 6.20 Å². The summed E-state index contributed by atoms with van der Waals surface area (Å²) in [5, 5.41) is 9.66. The Morgan fingerprint density at radius 3 is 2.94 bits per heavy atom. The van der Waals surface area contributed by atoms with Crippen LogP contribution in [0.25, 0.3) is 0 Å². The number of amides is 2. The van der Waals surface area contributed by atoms with Crippen LogP contribution in [0.3, 0.4) is 0 Å². The van der Waals surface area contributed by atoms with Gasteiger partial charge in [0.05, 0.1) is 11.9 Å². The number of nitrogens with zero attached hydrogens (tertiary/aromatic N) is 3. The van der Waals surface area contributed by atoms with Gasteiger partial charge in [-0.15, -0.1) is 0 Å². The third kappa shape index (κ3) is 3.07. The van der Waals surface area contributed by atoms with Crippen LogP contribution in [0, 0.1) is 0 Å². The van der Waals surface area contributed by atoms with Crippen LogP contribution in [0.2, 0.25) is 0 Å². The summed E-state index contributed by atoms with van der Waals surface area (Å²) in [6, 6.07) is 0. The minimum atomic E-state index is -0.607. The topological polar surface area (TPSA) is 79.3 Å². The minimum absolute atomic E-state index is 0.484. The van der Waals surface area contributed by atoms with Crippen LogP contribution in [0.4, 0.5) is 5.69 Å². The lowest BCUT2D eigenvalue weighted by Gasteiger charge is -2.18. The maximum absolute atomic E-state index is 11.9. The lowest BCUT2D eigenvalue weighted by Crippen LogP contribution is -2.41. The predicted octanol–water partition coefficient (Wildman–Crippen LogP) is -0.819.